The fourth-order valence-electron chi connectivity index (χ4n) is 4.60. The van der Waals surface area contributed by atoms with E-state index in [0.717, 1.165) is 43.0 Å². The van der Waals surface area contributed by atoms with Crippen molar-refractivity contribution in [3.05, 3.63) is 76.5 Å². The van der Waals surface area contributed by atoms with E-state index in [1.807, 2.05) is 28.8 Å². The molecular formula is C21H22N4O. The van der Waals surface area contributed by atoms with Crippen molar-refractivity contribution < 1.29 is 0 Å². The Morgan fingerprint density at radius 3 is 2.73 bits per heavy atom. The van der Waals surface area contributed by atoms with Crippen LogP contribution in [0.3, 0.4) is 0 Å². The van der Waals surface area contributed by atoms with Crippen molar-refractivity contribution in [2.24, 2.45) is 5.92 Å². The molecule has 5 nitrogen and oxygen atoms in total. The first-order valence-electron chi connectivity index (χ1n) is 9.27. The zero-order chi connectivity index (χ0) is 17.5. The molecule has 2 atom stereocenters. The van der Waals surface area contributed by atoms with Crippen LogP contribution in [0.4, 0.5) is 0 Å². The third-order valence-corrected chi connectivity index (χ3v) is 5.69. The average Bonchev–Trinajstić information content (AvgIpc) is 3.16. The molecule has 132 valence electrons. The molecule has 5 rings (SSSR count). The van der Waals surface area contributed by atoms with Crippen LogP contribution >= 0.6 is 0 Å². The normalized spacial score (nSPS) is 22.2. The molecule has 2 aliphatic rings. The number of nitrogens with zero attached hydrogens (tertiary/aromatic N) is 3. The molecule has 1 fully saturated rings. The van der Waals surface area contributed by atoms with E-state index < -0.39 is 0 Å². The van der Waals surface area contributed by atoms with Crippen LogP contribution in [0, 0.1) is 5.92 Å². The maximum absolute atomic E-state index is 12.8. The summed E-state index contributed by atoms with van der Waals surface area (Å²) < 4.78 is 2.01. The van der Waals surface area contributed by atoms with Crippen molar-refractivity contribution in [3.63, 3.8) is 0 Å². The molecule has 0 radical (unpaired) electrons. The SMILES string of the molecule is O=c1cc(-c2ccccc2)cc2n1C[C@H]1C[C@@H]2CN(Cc2ccn[nH]2)C1. The van der Waals surface area contributed by atoms with Crippen molar-refractivity contribution in [3.8, 4) is 11.1 Å². The van der Waals surface area contributed by atoms with E-state index in [0.29, 0.717) is 11.8 Å². The second-order valence-corrected chi connectivity index (χ2v) is 7.56. The highest BCUT2D eigenvalue weighted by Crippen LogP contribution is 2.36. The monoisotopic (exact) mass is 346 g/mol. The summed E-state index contributed by atoms with van der Waals surface area (Å²) in [6.45, 7) is 3.77. The topological polar surface area (TPSA) is 53.9 Å². The van der Waals surface area contributed by atoms with Crippen LogP contribution in [-0.2, 0) is 13.1 Å². The molecule has 0 saturated carbocycles. The van der Waals surface area contributed by atoms with Crippen LogP contribution in [0.2, 0.25) is 0 Å². The molecule has 2 aromatic heterocycles. The van der Waals surface area contributed by atoms with Crippen LogP contribution in [0.15, 0.2) is 59.5 Å². The number of fused-ring (bicyclic) bond motifs is 4. The van der Waals surface area contributed by atoms with Gasteiger partial charge < -0.3 is 4.57 Å². The van der Waals surface area contributed by atoms with Crippen molar-refractivity contribution in [2.75, 3.05) is 13.1 Å². The smallest absolute Gasteiger partial charge is 0.251 e. The lowest BCUT2D eigenvalue weighted by atomic mass is 9.82. The Balaban J connectivity index is 1.48. The van der Waals surface area contributed by atoms with Gasteiger partial charge in [0.15, 0.2) is 0 Å². The van der Waals surface area contributed by atoms with E-state index in [2.05, 4.69) is 33.3 Å². The number of likely N-dealkylation sites (tertiary alicyclic amines) is 1. The number of hydrogen-bond donors (Lipinski definition) is 1. The summed E-state index contributed by atoms with van der Waals surface area (Å²) in [5.41, 5.74) is 4.63. The molecule has 0 unspecified atom stereocenters. The lowest BCUT2D eigenvalue weighted by molar-refractivity contribution is 0.113. The number of nitrogens with one attached hydrogen (secondary N) is 1. The Labute approximate surface area is 152 Å². The van der Waals surface area contributed by atoms with Crippen LogP contribution < -0.4 is 5.56 Å². The largest absolute Gasteiger partial charge is 0.312 e. The van der Waals surface area contributed by atoms with Gasteiger partial charge in [0.2, 0.25) is 0 Å². The lowest BCUT2D eigenvalue weighted by Crippen LogP contribution is -2.46. The van der Waals surface area contributed by atoms with Crippen molar-refractivity contribution in [2.45, 2.75) is 25.4 Å². The zero-order valence-electron chi connectivity index (χ0n) is 14.6. The van der Waals surface area contributed by atoms with Crippen molar-refractivity contribution >= 4 is 0 Å². The number of rotatable bonds is 3. The molecular weight excluding hydrogens is 324 g/mol. The second kappa shape index (κ2) is 6.25. The van der Waals surface area contributed by atoms with Gasteiger partial charge in [-0.3, -0.25) is 14.8 Å². The molecule has 1 N–H and O–H groups in total. The summed E-state index contributed by atoms with van der Waals surface area (Å²) in [6.07, 6.45) is 2.98. The highest BCUT2D eigenvalue weighted by Gasteiger charge is 2.34. The van der Waals surface area contributed by atoms with E-state index in [4.69, 9.17) is 0 Å². The number of piperidine rings is 1. The molecule has 0 spiro atoms. The Morgan fingerprint density at radius 1 is 1.04 bits per heavy atom. The van der Waals surface area contributed by atoms with E-state index in [9.17, 15) is 4.79 Å². The van der Waals surface area contributed by atoms with E-state index in [-0.39, 0.29) is 5.56 Å². The van der Waals surface area contributed by atoms with Gasteiger partial charge in [-0.05, 0) is 35.6 Å². The van der Waals surface area contributed by atoms with Gasteiger partial charge >= 0.3 is 0 Å². The van der Waals surface area contributed by atoms with Crippen molar-refractivity contribution in [1.29, 1.82) is 0 Å². The van der Waals surface area contributed by atoms with Crippen LogP contribution in [-0.4, -0.2) is 32.8 Å². The minimum Gasteiger partial charge on any atom is -0.312 e. The highest BCUT2D eigenvalue weighted by atomic mass is 16.1. The van der Waals surface area contributed by atoms with Gasteiger partial charge in [0, 0.05) is 55.7 Å². The molecule has 2 bridgehead atoms. The van der Waals surface area contributed by atoms with E-state index in [1.54, 1.807) is 12.3 Å². The molecule has 0 amide bonds. The predicted molar refractivity (Wildman–Crippen MR) is 101 cm³/mol. The summed E-state index contributed by atoms with van der Waals surface area (Å²) in [7, 11) is 0. The zero-order valence-corrected chi connectivity index (χ0v) is 14.6. The van der Waals surface area contributed by atoms with Gasteiger partial charge in [-0.25, -0.2) is 0 Å². The molecule has 3 aromatic rings. The van der Waals surface area contributed by atoms with Gasteiger partial charge in [-0.2, -0.15) is 5.10 Å². The molecule has 0 aliphatic carbocycles. The van der Waals surface area contributed by atoms with Gasteiger partial charge in [0.05, 0.1) is 0 Å². The van der Waals surface area contributed by atoms with Gasteiger partial charge in [0.25, 0.3) is 5.56 Å². The van der Waals surface area contributed by atoms with Crippen molar-refractivity contribution in [1.82, 2.24) is 19.7 Å². The summed E-state index contributed by atoms with van der Waals surface area (Å²) >= 11 is 0. The summed E-state index contributed by atoms with van der Waals surface area (Å²) in [5.74, 6) is 0.964. The Morgan fingerprint density at radius 2 is 1.92 bits per heavy atom. The Kier molecular flexibility index (Phi) is 3.75. The third kappa shape index (κ3) is 2.78. The summed E-state index contributed by atoms with van der Waals surface area (Å²) in [5, 5.41) is 7.12. The number of aromatic amines is 1. The first kappa shape index (κ1) is 15.6. The second-order valence-electron chi connectivity index (χ2n) is 7.56. The maximum Gasteiger partial charge on any atom is 0.251 e. The number of H-pyrrole nitrogens is 1. The van der Waals surface area contributed by atoms with Crippen LogP contribution in [0.5, 0.6) is 0 Å². The number of hydrogen-bond acceptors (Lipinski definition) is 3. The minimum atomic E-state index is 0.137. The van der Waals surface area contributed by atoms with Crippen LogP contribution in [0.1, 0.15) is 23.7 Å². The molecule has 1 aromatic carbocycles. The average molecular weight is 346 g/mol. The lowest BCUT2D eigenvalue weighted by Gasteiger charge is -2.42. The fourth-order valence-corrected chi connectivity index (χ4v) is 4.60. The Hall–Kier alpha value is -2.66. The summed E-state index contributed by atoms with van der Waals surface area (Å²) in [6, 6.07) is 16.3. The third-order valence-electron chi connectivity index (χ3n) is 5.69. The molecule has 2 aliphatic heterocycles. The first-order valence-corrected chi connectivity index (χ1v) is 9.27. The van der Waals surface area contributed by atoms with Crippen LogP contribution in [0.25, 0.3) is 11.1 Å². The van der Waals surface area contributed by atoms with Gasteiger partial charge in [-0.1, -0.05) is 30.3 Å². The number of aromatic nitrogens is 3. The quantitative estimate of drug-likeness (QED) is 0.793. The Bertz CT molecular complexity index is 961. The summed E-state index contributed by atoms with van der Waals surface area (Å²) in [4.78, 5) is 15.3. The minimum absolute atomic E-state index is 0.137. The van der Waals surface area contributed by atoms with Gasteiger partial charge in [0.1, 0.15) is 0 Å². The van der Waals surface area contributed by atoms with Gasteiger partial charge in [-0.15, -0.1) is 0 Å². The molecule has 5 heteroatoms. The predicted octanol–water partition coefficient (Wildman–Crippen LogP) is 2.86. The number of benzene rings is 1. The van der Waals surface area contributed by atoms with E-state index in [1.165, 1.54) is 12.1 Å². The fraction of sp³-hybridized carbons (Fsp3) is 0.333. The molecule has 4 heterocycles. The first-order chi connectivity index (χ1) is 12.8. The maximum atomic E-state index is 12.8. The molecule has 26 heavy (non-hydrogen) atoms. The standard InChI is InChI=1S/C21H22N4O/c26-21-10-17(16-4-2-1-3-5-16)9-20-18-8-15(12-25(20)21)11-24(13-18)14-19-6-7-22-23-19/h1-7,9-10,15,18H,8,11-14H2,(H,22,23)/t15-,18+/m0/s1. The van der Waals surface area contributed by atoms with E-state index >= 15 is 0 Å². The molecule has 1 saturated heterocycles. The number of pyridine rings is 1. The highest BCUT2D eigenvalue weighted by molar-refractivity contribution is 5.63.